The van der Waals surface area contributed by atoms with E-state index >= 15 is 0 Å². The summed E-state index contributed by atoms with van der Waals surface area (Å²) in [5.74, 6) is -7.14. The minimum absolute atomic E-state index is 0.0230. The second-order valence-electron chi connectivity index (χ2n) is 5.96. The van der Waals surface area contributed by atoms with Crippen LogP contribution in [-0.2, 0) is 0 Å². The molecule has 0 atom stereocenters. The van der Waals surface area contributed by atoms with E-state index in [0.717, 1.165) is 19.3 Å². The number of ether oxygens (including phenoxy) is 1. The fraction of sp³-hybridized carbons (Fsp3) is 0.667. The fourth-order valence-electron chi connectivity index (χ4n) is 2.49. The van der Waals surface area contributed by atoms with Gasteiger partial charge in [0, 0.05) is 0 Å². The predicted octanol–water partition coefficient (Wildman–Crippen LogP) is 6.83. The maximum atomic E-state index is 13.6. The number of hydrogen-bond acceptors (Lipinski definition) is 2. The molecule has 0 amide bonds. The van der Waals surface area contributed by atoms with E-state index in [2.05, 4.69) is 19.6 Å². The van der Waals surface area contributed by atoms with E-state index < -0.39 is 33.9 Å². The monoisotopic (exact) mass is 366 g/mol. The summed E-state index contributed by atoms with van der Waals surface area (Å²) in [6, 6.07) is 0. The Morgan fingerprint density at radius 1 is 0.667 bits per heavy atom. The van der Waals surface area contributed by atoms with Gasteiger partial charge >= 0.3 is 0 Å². The smallest absolute Gasteiger partial charge is 0.205 e. The first-order valence-electron chi connectivity index (χ1n) is 8.68. The van der Waals surface area contributed by atoms with Gasteiger partial charge < -0.3 is 4.74 Å². The Bertz CT molecular complexity index is 479. The largest absolute Gasteiger partial charge is 0.487 e. The van der Waals surface area contributed by atoms with Crippen molar-refractivity contribution in [2.75, 3.05) is 6.61 Å². The van der Waals surface area contributed by atoms with Crippen molar-refractivity contribution in [3.63, 3.8) is 0 Å². The van der Waals surface area contributed by atoms with E-state index in [4.69, 9.17) is 4.74 Å². The van der Waals surface area contributed by atoms with Crippen LogP contribution in [0, 0.1) is 23.3 Å². The molecular formula is C18H26F4OS. The fourth-order valence-corrected chi connectivity index (χ4v) is 2.69. The minimum atomic E-state index is -1.54. The Labute approximate surface area is 147 Å². The summed E-state index contributed by atoms with van der Waals surface area (Å²) in [5.41, 5.74) is 0. The van der Waals surface area contributed by atoms with Crippen LogP contribution in [0.1, 0.15) is 71.1 Å². The summed E-state index contributed by atoms with van der Waals surface area (Å²) in [4.78, 5) is -0.976. The molecule has 0 heterocycles. The topological polar surface area (TPSA) is 9.23 Å². The van der Waals surface area contributed by atoms with Gasteiger partial charge in [-0.3, -0.25) is 0 Å². The quantitative estimate of drug-likeness (QED) is 0.185. The highest BCUT2D eigenvalue weighted by Gasteiger charge is 2.24. The first-order chi connectivity index (χ1) is 11.5. The van der Waals surface area contributed by atoms with Gasteiger partial charge in [-0.15, -0.1) is 12.6 Å². The van der Waals surface area contributed by atoms with Gasteiger partial charge in [-0.1, -0.05) is 64.7 Å². The molecule has 0 fully saturated rings. The van der Waals surface area contributed by atoms with Crippen molar-refractivity contribution in [3.05, 3.63) is 23.3 Å². The lowest BCUT2D eigenvalue weighted by Crippen LogP contribution is -2.06. The highest BCUT2D eigenvalue weighted by Crippen LogP contribution is 2.31. The highest BCUT2D eigenvalue weighted by molar-refractivity contribution is 7.80. The number of unbranched alkanes of at least 4 members (excludes halogenated alkanes) is 9. The molecule has 0 aliphatic carbocycles. The second-order valence-corrected chi connectivity index (χ2v) is 6.41. The molecule has 24 heavy (non-hydrogen) atoms. The third-order valence-corrected chi connectivity index (χ3v) is 4.34. The van der Waals surface area contributed by atoms with Crippen molar-refractivity contribution in [1.29, 1.82) is 0 Å². The van der Waals surface area contributed by atoms with E-state index in [1.807, 2.05) is 0 Å². The van der Waals surface area contributed by atoms with Gasteiger partial charge in [0.05, 0.1) is 11.5 Å². The number of rotatable bonds is 12. The molecule has 0 radical (unpaired) electrons. The molecular weight excluding hydrogens is 340 g/mol. The van der Waals surface area contributed by atoms with E-state index in [-0.39, 0.29) is 6.61 Å². The lowest BCUT2D eigenvalue weighted by molar-refractivity contribution is 0.260. The molecule has 0 spiro atoms. The summed E-state index contributed by atoms with van der Waals surface area (Å²) in [6.45, 7) is 2.21. The van der Waals surface area contributed by atoms with Crippen LogP contribution in [0.5, 0.6) is 5.75 Å². The summed E-state index contributed by atoms with van der Waals surface area (Å²) in [5, 5.41) is 0. The van der Waals surface area contributed by atoms with E-state index in [1.165, 1.54) is 38.5 Å². The molecule has 0 aromatic heterocycles. The zero-order valence-electron chi connectivity index (χ0n) is 14.1. The molecule has 0 saturated heterocycles. The molecule has 1 aromatic carbocycles. The normalized spacial score (nSPS) is 11.1. The van der Waals surface area contributed by atoms with Crippen molar-refractivity contribution < 1.29 is 22.3 Å². The average Bonchev–Trinajstić information content (AvgIpc) is 2.58. The first kappa shape index (κ1) is 21.1. The Balaban J connectivity index is 2.20. The van der Waals surface area contributed by atoms with Crippen LogP contribution in [0.15, 0.2) is 4.90 Å². The van der Waals surface area contributed by atoms with Crippen LogP contribution < -0.4 is 4.74 Å². The van der Waals surface area contributed by atoms with Crippen molar-refractivity contribution in [1.82, 2.24) is 0 Å². The van der Waals surface area contributed by atoms with E-state index in [1.54, 1.807) is 0 Å². The molecule has 0 saturated carbocycles. The Morgan fingerprint density at radius 2 is 1.08 bits per heavy atom. The van der Waals surface area contributed by atoms with Gasteiger partial charge in [0.25, 0.3) is 0 Å². The molecule has 0 unspecified atom stereocenters. The van der Waals surface area contributed by atoms with Gasteiger partial charge in [0.15, 0.2) is 17.4 Å². The number of thiol groups is 1. The third-order valence-electron chi connectivity index (χ3n) is 3.94. The molecule has 0 aliphatic heterocycles. The lowest BCUT2D eigenvalue weighted by atomic mass is 10.1. The van der Waals surface area contributed by atoms with Crippen molar-refractivity contribution in [3.8, 4) is 5.75 Å². The molecule has 1 nitrogen and oxygen atoms in total. The van der Waals surface area contributed by atoms with Gasteiger partial charge in [-0.25, -0.2) is 8.78 Å². The highest BCUT2D eigenvalue weighted by atomic mass is 32.1. The summed E-state index contributed by atoms with van der Waals surface area (Å²) in [6.07, 6.45) is 11.1. The first-order valence-corrected chi connectivity index (χ1v) is 9.13. The molecule has 6 heteroatoms. The SMILES string of the molecule is CCCCCCCCCCCCOc1c(F)c(F)c(S)c(F)c1F. The molecule has 1 rings (SSSR count). The second kappa shape index (κ2) is 11.6. The van der Waals surface area contributed by atoms with Crippen LogP contribution in [0.25, 0.3) is 0 Å². The zero-order chi connectivity index (χ0) is 17.9. The molecule has 138 valence electrons. The van der Waals surface area contributed by atoms with Gasteiger partial charge in [0.1, 0.15) is 0 Å². The number of hydrogen-bond donors (Lipinski definition) is 1. The predicted molar refractivity (Wildman–Crippen MR) is 90.9 cm³/mol. The Hall–Kier alpha value is -0.910. The maximum Gasteiger partial charge on any atom is 0.205 e. The molecule has 1 aromatic rings. The van der Waals surface area contributed by atoms with Crippen LogP contribution in [-0.4, -0.2) is 6.61 Å². The van der Waals surface area contributed by atoms with Crippen molar-refractivity contribution >= 4 is 12.6 Å². The van der Waals surface area contributed by atoms with Crippen LogP contribution in [0.2, 0.25) is 0 Å². The Kier molecular flexibility index (Phi) is 10.2. The van der Waals surface area contributed by atoms with E-state index in [9.17, 15) is 17.6 Å². The molecule has 0 N–H and O–H groups in total. The average molecular weight is 366 g/mol. The van der Waals surface area contributed by atoms with Crippen LogP contribution >= 0.6 is 12.6 Å². The summed E-state index contributed by atoms with van der Waals surface area (Å²) >= 11 is 3.40. The minimum Gasteiger partial charge on any atom is -0.487 e. The molecule has 0 aliphatic rings. The number of halogens is 4. The molecule has 0 bridgehead atoms. The van der Waals surface area contributed by atoms with Gasteiger partial charge in [0.2, 0.25) is 11.6 Å². The maximum absolute atomic E-state index is 13.6. The zero-order valence-corrected chi connectivity index (χ0v) is 15.0. The van der Waals surface area contributed by atoms with Crippen LogP contribution in [0.3, 0.4) is 0 Å². The number of benzene rings is 1. The van der Waals surface area contributed by atoms with Crippen molar-refractivity contribution in [2.45, 2.75) is 76.0 Å². The summed E-state index contributed by atoms with van der Waals surface area (Å²) in [7, 11) is 0. The van der Waals surface area contributed by atoms with Crippen LogP contribution in [0.4, 0.5) is 17.6 Å². The Morgan fingerprint density at radius 3 is 1.54 bits per heavy atom. The van der Waals surface area contributed by atoms with Crippen molar-refractivity contribution in [2.24, 2.45) is 0 Å². The van der Waals surface area contributed by atoms with Gasteiger partial charge in [-0.2, -0.15) is 8.78 Å². The third kappa shape index (κ3) is 6.54. The summed E-state index contributed by atoms with van der Waals surface area (Å²) < 4.78 is 58.6. The van der Waals surface area contributed by atoms with Gasteiger partial charge in [-0.05, 0) is 6.42 Å². The standard InChI is InChI=1S/C18H26F4OS/c1-2-3-4-5-6-7-8-9-10-11-12-23-17-13(19)15(21)18(24)16(22)14(17)20/h24H,2-12H2,1H3. The lowest BCUT2D eigenvalue weighted by Gasteiger charge is -2.11. The van der Waals surface area contributed by atoms with E-state index in [0.29, 0.717) is 6.42 Å².